The van der Waals surface area contributed by atoms with E-state index in [1.807, 2.05) is 26.1 Å². The Kier molecular flexibility index (Phi) is 21.7. The molecule has 2 saturated heterocycles. The number of nitrogens with one attached hydrogen (secondary N) is 1. The Morgan fingerprint density at radius 2 is 1.79 bits per heavy atom. The molecular weight excluding hydrogens is 915 g/mol. The van der Waals surface area contributed by atoms with Gasteiger partial charge in [0.15, 0.2) is 5.82 Å². The van der Waals surface area contributed by atoms with Crippen molar-refractivity contribution in [3.8, 4) is 5.75 Å². The number of unbranched alkanes of at least 4 members (excludes halogenated alkanes) is 2. The summed E-state index contributed by atoms with van der Waals surface area (Å²) in [6.45, 7) is 19.3. The molecule has 2 fully saturated rings. The van der Waals surface area contributed by atoms with Crippen LogP contribution in [0.25, 0.3) is 12.4 Å². The van der Waals surface area contributed by atoms with Crippen molar-refractivity contribution in [3.05, 3.63) is 52.2 Å². The smallest absolute Gasteiger partial charge is 0.242 e. The number of thioether (sulfide) groups is 1. The van der Waals surface area contributed by atoms with Crippen LogP contribution in [0.15, 0.2) is 35.5 Å². The van der Waals surface area contributed by atoms with Gasteiger partial charge in [-0.05, 0) is 41.5 Å². The fourth-order valence-electron chi connectivity index (χ4n) is 6.30. The van der Waals surface area contributed by atoms with E-state index in [0.29, 0.717) is 25.5 Å². The predicted molar refractivity (Wildman–Crippen MR) is 213 cm³/mol. The van der Waals surface area contributed by atoms with Gasteiger partial charge in [-0.15, -0.1) is 11.8 Å². The molecule has 1 aromatic carbocycles. The van der Waals surface area contributed by atoms with Crippen molar-refractivity contribution >= 4 is 48.1 Å². The number of hydrogen-bond donors (Lipinski definition) is 3. The van der Waals surface area contributed by atoms with Gasteiger partial charge in [-0.3, -0.25) is 24.3 Å². The minimum absolute atomic E-state index is 0. The summed E-state index contributed by atoms with van der Waals surface area (Å²) in [5, 5.41) is 4.89. The van der Waals surface area contributed by atoms with Crippen molar-refractivity contribution < 1.29 is 50.2 Å². The molecule has 2 aromatic rings. The Labute approximate surface area is 344 Å². The van der Waals surface area contributed by atoms with Crippen LogP contribution in [0.1, 0.15) is 77.3 Å². The van der Waals surface area contributed by atoms with Crippen molar-refractivity contribution in [2.75, 3.05) is 58.7 Å². The standard InChI is InChI=1S/C37H55N8O4S.C2H6.U/c1-5-7-8-13-40-36(41-33(39)9-6-2)35-27(3)12-14-44(35)24-29-11-10-28(21-31(29)49-4)23-43-17-15-42(16-18-43)19-20-45-34(47)22-32(37(45)48)50-26-30(38)25-46;1-2;/h10-12,14,21,30,32,40H,3,5-9,13,15-20,22-24,26,38H2,1-2,4H3,(H2,39,41);1-2H3;/q-1;;/b36-35+;;. The van der Waals surface area contributed by atoms with Crippen molar-refractivity contribution in [1.29, 1.82) is 0 Å². The Bertz CT molecular complexity index is 1590. The van der Waals surface area contributed by atoms with Gasteiger partial charge in [0, 0.05) is 108 Å². The van der Waals surface area contributed by atoms with Gasteiger partial charge in [0.2, 0.25) is 11.8 Å². The molecule has 2 amide bonds. The molecule has 0 spiro atoms. The van der Waals surface area contributed by atoms with E-state index in [2.05, 4.69) is 58.3 Å². The molecule has 0 saturated carbocycles. The van der Waals surface area contributed by atoms with E-state index in [-0.39, 0.29) is 55.1 Å². The first-order chi connectivity index (χ1) is 25.2. The van der Waals surface area contributed by atoms with E-state index >= 15 is 0 Å². The summed E-state index contributed by atoms with van der Waals surface area (Å²) in [5.41, 5.74) is 14.1. The summed E-state index contributed by atoms with van der Waals surface area (Å²) in [4.78, 5) is 46.9. The van der Waals surface area contributed by atoms with E-state index in [0.717, 1.165) is 99.1 Å². The predicted octanol–water partition coefficient (Wildman–Crippen LogP) is 2.40. The molecule has 0 aliphatic carbocycles. The zero-order chi connectivity index (χ0) is 38.0. The van der Waals surface area contributed by atoms with E-state index in [1.54, 1.807) is 13.4 Å². The number of benzene rings is 1. The summed E-state index contributed by atoms with van der Waals surface area (Å²) in [7, 11) is 1.71. The number of amidine groups is 1. The number of piperazine rings is 1. The molecule has 0 bridgehead atoms. The van der Waals surface area contributed by atoms with Crippen LogP contribution in [0.4, 0.5) is 0 Å². The second-order valence-electron chi connectivity index (χ2n) is 13.1. The number of likely N-dealkylation sites (tertiary alicyclic amines) is 1. The van der Waals surface area contributed by atoms with Gasteiger partial charge < -0.3 is 30.9 Å². The molecule has 3 heterocycles. The maximum Gasteiger partial charge on any atom is 0.242 e. The molecule has 0 radical (unpaired) electrons. The molecule has 1 aromatic heterocycles. The van der Waals surface area contributed by atoms with Crippen LogP contribution >= 0.6 is 11.8 Å². The minimum Gasteiger partial charge on any atom is -0.540 e. The number of carbonyl (C=O) groups is 2. The van der Waals surface area contributed by atoms with E-state index < -0.39 is 11.3 Å². The van der Waals surface area contributed by atoms with Gasteiger partial charge in [0.25, 0.3) is 0 Å². The first-order valence-corrected chi connectivity index (χ1v) is 19.9. The molecule has 2 aliphatic heterocycles. The number of aliphatic imine (C=N–C) groups is 1. The summed E-state index contributed by atoms with van der Waals surface area (Å²) >= 11 is 1.26. The Morgan fingerprint density at radius 1 is 1.08 bits per heavy atom. The molecule has 53 heavy (non-hydrogen) atoms. The summed E-state index contributed by atoms with van der Waals surface area (Å²) < 4.78 is 8.05. The monoisotopic (exact) mass is 976 g/mol. The number of ether oxygens (including phenoxy) is 1. The van der Waals surface area contributed by atoms with Gasteiger partial charge in [-0.1, -0.05) is 65.3 Å². The normalized spacial score (nSPS) is 17.9. The number of hydrogen-bond acceptors (Lipinski definition) is 10. The zero-order valence-electron chi connectivity index (χ0n) is 32.5. The van der Waals surface area contributed by atoms with E-state index in [4.69, 9.17) is 21.2 Å². The summed E-state index contributed by atoms with van der Waals surface area (Å²) in [6, 6.07) is 7.70. The van der Waals surface area contributed by atoms with E-state index in [9.17, 15) is 14.4 Å². The van der Waals surface area contributed by atoms with Crippen molar-refractivity contribution in [3.63, 3.8) is 0 Å². The second-order valence-corrected chi connectivity index (χ2v) is 14.3. The second kappa shape index (κ2) is 24.7. The van der Waals surface area contributed by atoms with Gasteiger partial charge in [-0.2, -0.15) is 0 Å². The molecule has 4 rings (SSSR count). The average Bonchev–Trinajstić information content (AvgIpc) is 3.65. The zero-order valence-corrected chi connectivity index (χ0v) is 37.5. The molecule has 5 N–H and O–H groups in total. The molecular formula is C39H61N8O4SU-. The number of nitrogens with zero attached hydrogens (tertiary/aromatic N) is 5. The minimum atomic E-state index is -0.747. The topological polar surface area (TPSA) is 152 Å². The molecule has 12 nitrogen and oxygen atoms in total. The van der Waals surface area contributed by atoms with Crippen LogP contribution in [-0.4, -0.2) is 113 Å². The van der Waals surface area contributed by atoms with Gasteiger partial charge in [0.05, 0.1) is 24.3 Å². The van der Waals surface area contributed by atoms with Crippen LogP contribution in [0.2, 0.25) is 0 Å². The van der Waals surface area contributed by atoms with Crippen molar-refractivity contribution in [2.45, 2.75) is 90.6 Å². The average molecular weight is 976 g/mol. The number of nitrogens with two attached hydrogens (primary N) is 2. The SMILES string of the molecule is C=c1ccn(Cc2ccc(CN3CCN(CCN4C(=O)CC(SCC(N)[C-]=O)C4=O)CC3)cc2OC)/c1=C(/N=C(/N)CCC)NCCCCC.CC.[U]. The fourth-order valence-corrected chi connectivity index (χ4v) is 7.33. The van der Waals surface area contributed by atoms with Crippen molar-refractivity contribution in [2.24, 2.45) is 16.5 Å². The Morgan fingerprint density at radius 3 is 2.45 bits per heavy atom. The quantitative estimate of drug-likeness (QED) is 0.0594. The van der Waals surface area contributed by atoms with Crippen LogP contribution in [0.3, 0.4) is 0 Å². The van der Waals surface area contributed by atoms with Crippen LogP contribution in [0.5, 0.6) is 5.75 Å². The third-order valence-electron chi connectivity index (χ3n) is 9.14. The number of imide groups is 1. The van der Waals surface area contributed by atoms with Crippen LogP contribution in [-0.2, 0) is 27.5 Å². The first kappa shape index (κ1) is 46.6. The molecule has 2 unspecified atom stereocenters. The maximum absolute atomic E-state index is 12.8. The summed E-state index contributed by atoms with van der Waals surface area (Å²) in [5.74, 6) is 2.14. The molecule has 292 valence electrons. The maximum atomic E-state index is 12.8. The Balaban J connectivity index is 0.00000318. The summed E-state index contributed by atoms with van der Waals surface area (Å²) in [6.07, 6.45) is 8.94. The fraction of sp³-hybridized carbons (Fsp3) is 0.590. The van der Waals surface area contributed by atoms with Crippen LogP contribution < -0.4 is 32.1 Å². The van der Waals surface area contributed by atoms with Gasteiger partial charge >= 0.3 is 0 Å². The number of amides is 2. The first-order valence-electron chi connectivity index (χ1n) is 18.8. The van der Waals surface area contributed by atoms with Crippen molar-refractivity contribution in [1.82, 2.24) is 24.6 Å². The van der Waals surface area contributed by atoms with Gasteiger partial charge in [-0.25, -0.2) is 11.3 Å². The third kappa shape index (κ3) is 14.2. The van der Waals surface area contributed by atoms with E-state index in [1.165, 1.54) is 22.2 Å². The van der Waals surface area contributed by atoms with Gasteiger partial charge in [0.1, 0.15) is 11.6 Å². The molecule has 2 aliphatic rings. The number of rotatable bonds is 20. The largest absolute Gasteiger partial charge is 0.540 e. The number of methoxy groups -OCH3 is 1. The molecule has 14 heteroatoms. The third-order valence-corrected chi connectivity index (χ3v) is 10.5. The number of carbonyl (C=O) groups excluding carboxylic acids is 3. The number of aromatic nitrogens is 1. The van der Waals surface area contributed by atoms with Crippen LogP contribution in [0, 0.1) is 31.1 Å². The molecule has 2 atom stereocenters. The Hall–Kier alpha value is -2.60.